The molecule has 1 heterocycles. The molecule has 0 amide bonds. The molecule has 15 heavy (non-hydrogen) atoms. The van der Waals surface area contributed by atoms with Gasteiger partial charge in [0.25, 0.3) is 0 Å². The Morgan fingerprint density at radius 3 is 2.80 bits per heavy atom. The summed E-state index contributed by atoms with van der Waals surface area (Å²) in [5.74, 6) is 1.51. The fourth-order valence-electron chi connectivity index (χ4n) is 1.36. The van der Waals surface area contributed by atoms with Crippen LogP contribution in [0.2, 0.25) is 0 Å². The van der Waals surface area contributed by atoms with Gasteiger partial charge < -0.3 is 4.74 Å². The summed E-state index contributed by atoms with van der Waals surface area (Å²) in [6, 6.07) is 5.91. The lowest BCUT2D eigenvalue weighted by Crippen LogP contribution is -1.93. The molecule has 0 aliphatic carbocycles. The van der Waals surface area contributed by atoms with Crippen molar-refractivity contribution in [3.8, 4) is 17.1 Å². The molecule has 0 saturated heterocycles. The molecule has 0 N–H and O–H groups in total. The zero-order chi connectivity index (χ0) is 10.8. The summed E-state index contributed by atoms with van der Waals surface area (Å²) in [4.78, 5) is 4.20. The molecule has 0 saturated carbocycles. The van der Waals surface area contributed by atoms with Crippen molar-refractivity contribution in [2.75, 3.05) is 7.11 Å². The van der Waals surface area contributed by atoms with E-state index in [1.165, 1.54) is 0 Å². The highest BCUT2D eigenvalue weighted by molar-refractivity contribution is 14.1. The van der Waals surface area contributed by atoms with E-state index in [2.05, 4.69) is 32.7 Å². The second-order valence-corrected chi connectivity index (χ2v) is 4.22. The van der Waals surface area contributed by atoms with Gasteiger partial charge in [0.15, 0.2) is 5.82 Å². The van der Waals surface area contributed by atoms with Gasteiger partial charge >= 0.3 is 0 Å². The number of para-hydroxylation sites is 1. The number of ether oxygens (including phenoxy) is 1. The lowest BCUT2D eigenvalue weighted by molar-refractivity contribution is 0.413. The molecule has 2 rings (SSSR count). The Hall–Kier alpha value is -1.11. The molecule has 0 unspecified atom stereocenters. The van der Waals surface area contributed by atoms with Gasteiger partial charge in [-0.25, -0.2) is 4.98 Å². The monoisotopic (exact) mass is 315 g/mol. The first-order valence-electron chi connectivity index (χ1n) is 4.41. The minimum absolute atomic E-state index is 0.688. The van der Waals surface area contributed by atoms with Gasteiger partial charge in [-0.05, 0) is 34.7 Å². The molecule has 0 fully saturated rings. The lowest BCUT2D eigenvalue weighted by atomic mass is 10.2. The van der Waals surface area contributed by atoms with Crippen molar-refractivity contribution < 1.29 is 4.74 Å². The Bertz CT molecular complexity index is 481. The van der Waals surface area contributed by atoms with E-state index in [9.17, 15) is 0 Å². The largest absolute Gasteiger partial charge is 0.495 e. The molecule has 0 bridgehead atoms. The minimum atomic E-state index is 0.688. The molecule has 0 atom stereocenters. The lowest BCUT2D eigenvalue weighted by Gasteiger charge is -2.06. The molecule has 2 aromatic rings. The van der Waals surface area contributed by atoms with Crippen LogP contribution in [-0.2, 0) is 7.05 Å². The molecule has 1 aromatic carbocycles. The standard InChI is InChI=1S/C10H10IN3O/c1-14-6-12-10(13-14)7-4-3-5-8(11)9(7)15-2/h3-6H,1-2H3. The topological polar surface area (TPSA) is 39.9 Å². The normalized spacial score (nSPS) is 10.3. The number of methoxy groups -OCH3 is 1. The Labute approximate surface area is 101 Å². The van der Waals surface area contributed by atoms with Crippen LogP contribution in [0.4, 0.5) is 0 Å². The van der Waals surface area contributed by atoms with E-state index in [4.69, 9.17) is 4.74 Å². The molecular weight excluding hydrogens is 305 g/mol. The number of aromatic nitrogens is 3. The first kappa shape index (κ1) is 10.4. The summed E-state index contributed by atoms with van der Waals surface area (Å²) in [6.45, 7) is 0. The van der Waals surface area contributed by atoms with Gasteiger partial charge in [-0.2, -0.15) is 5.10 Å². The third-order valence-corrected chi connectivity index (χ3v) is 2.86. The number of rotatable bonds is 2. The summed E-state index contributed by atoms with van der Waals surface area (Å²) in [5.41, 5.74) is 0.921. The van der Waals surface area contributed by atoms with Crippen molar-refractivity contribution in [1.82, 2.24) is 14.8 Å². The van der Waals surface area contributed by atoms with Crippen LogP contribution >= 0.6 is 22.6 Å². The van der Waals surface area contributed by atoms with Crippen LogP contribution in [0.25, 0.3) is 11.4 Å². The van der Waals surface area contributed by atoms with Crippen molar-refractivity contribution in [2.45, 2.75) is 0 Å². The van der Waals surface area contributed by atoms with E-state index in [0.29, 0.717) is 5.82 Å². The van der Waals surface area contributed by atoms with Crippen LogP contribution in [0.15, 0.2) is 24.5 Å². The van der Waals surface area contributed by atoms with Crippen LogP contribution in [0, 0.1) is 3.57 Å². The van der Waals surface area contributed by atoms with Crippen molar-refractivity contribution in [2.24, 2.45) is 7.05 Å². The number of nitrogens with zero attached hydrogens (tertiary/aromatic N) is 3. The Balaban J connectivity index is 2.57. The average molecular weight is 315 g/mol. The number of hydrogen-bond acceptors (Lipinski definition) is 3. The van der Waals surface area contributed by atoms with Crippen LogP contribution in [0.3, 0.4) is 0 Å². The fourth-order valence-corrected chi connectivity index (χ4v) is 2.07. The number of benzene rings is 1. The molecule has 0 spiro atoms. The predicted molar refractivity (Wildman–Crippen MR) is 65.7 cm³/mol. The van der Waals surface area contributed by atoms with E-state index in [1.54, 1.807) is 18.1 Å². The van der Waals surface area contributed by atoms with Crippen LogP contribution < -0.4 is 4.74 Å². The van der Waals surface area contributed by atoms with Gasteiger partial charge in [0, 0.05) is 7.05 Å². The molecule has 0 aliphatic heterocycles. The predicted octanol–water partition coefficient (Wildman–Crippen LogP) is 2.10. The third kappa shape index (κ3) is 1.97. The summed E-state index contributed by atoms with van der Waals surface area (Å²) >= 11 is 2.23. The van der Waals surface area contributed by atoms with Gasteiger partial charge in [0.2, 0.25) is 0 Å². The van der Waals surface area contributed by atoms with Gasteiger partial charge in [-0.15, -0.1) is 0 Å². The highest BCUT2D eigenvalue weighted by Gasteiger charge is 2.11. The van der Waals surface area contributed by atoms with Crippen molar-refractivity contribution in [1.29, 1.82) is 0 Å². The summed E-state index contributed by atoms with van der Waals surface area (Å²) in [7, 11) is 3.50. The third-order valence-electron chi connectivity index (χ3n) is 2.01. The highest BCUT2D eigenvalue weighted by atomic mass is 127. The van der Waals surface area contributed by atoms with E-state index >= 15 is 0 Å². The van der Waals surface area contributed by atoms with E-state index < -0.39 is 0 Å². The van der Waals surface area contributed by atoms with Crippen LogP contribution in [0.1, 0.15) is 0 Å². The number of hydrogen-bond donors (Lipinski definition) is 0. The van der Waals surface area contributed by atoms with Gasteiger partial charge in [-0.1, -0.05) is 6.07 Å². The van der Waals surface area contributed by atoms with Gasteiger partial charge in [0.05, 0.1) is 16.2 Å². The molecule has 5 heteroatoms. The second-order valence-electron chi connectivity index (χ2n) is 3.06. The van der Waals surface area contributed by atoms with Crippen molar-refractivity contribution in [3.05, 3.63) is 28.1 Å². The maximum atomic E-state index is 5.34. The van der Waals surface area contributed by atoms with E-state index in [1.807, 2.05) is 25.2 Å². The van der Waals surface area contributed by atoms with Gasteiger partial charge in [-0.3, -0.25) is 4.68 Å². The van der Waals surface area contributed by atoms with Crippen LogP contribution in [0.5, 0.6) is 5.75 Å². The highest BCUT2D eigenvalue weighted by Crippen LogP contribution is 2.31. The minimum Gasteiger partial charge on any atom is -0.495 e. The molecule has 4 nitrogen and oxygen atoms in total. The maximum Gasteiger partial charge on any atom is 0.184 e. The summed E-state index contributed by atoms with van der Waals surface area (Å²) in [6.07, 6.45) is 1.68. The zero-order valence-corrected chi connectivity index (χ0v) is 10.6. The second kappa shape index (κ2) is 4.18. The fraction of sp³-hybridized carbons (Fsp3) is 0.200. The Kier molecular flexibility index (Phi) is 2.90. The Morgan fingerprint density at radius 1 is 1.40 bits per heavy atom. The number of aryl methyl sites for hydroxylation is 1. The summed E-state index contributed by atoms with van der Waals surface area (Å²) in [5, 5.41) is 4.25. The zero-order valence-electron chi connectivity index (χ0n) is 8.44. The molecular formula is C10H10IN3O. The van der Waals surface area contributed by atoms with Crippen molar-refractivity contribution >= 4 is 22.6 Å². The Morgan fingerprint density at radius 2 is 2.20 bits per heavy atom. The van der Waals surface area contributed by atoms with Crippen molar-refractivity contribution in [3.63, 3.8) is 0 Å². The molecule has 0 aliphatic rings. The van der Waals surface area contributed by atoms with E-state index in [0.717, 1.165) is 14.9 Å². The first-order chi connectivity index (χ1) is 7.22. The maximum absolute atomic E-state index is 5.34. The molecule has 0 radical (unpaired) electrons. The SMILES string of the molecule is COc1c(I)cccc1-c1ncn(C)n1. The van der Waals surface area contributed by atoms with Gasteiger partial charge in [0.1, 0.15) is 12.1 Å². The first-order valence-corrected chi connectivity index (χ1v) is 5.48. The molecule has 1 aromatic heterocycles. The molecule has 78 valence electrons. The smallest absolute Gasteiger partial charge is 0.184 e. The number of halogens is 1. The quantitative estimate of drug-likeness (QED) is 0.797. The summed E-state index contributed by atoms with van der Waals surface area (Å²) < 4.78 is 8.07. The van der Waals surface area contributed by atoms with E-state index in [-0.39, 0.29) is 0 Å². The van der Waals surface area contributed by atoms with Crippen LogP contribution in [-0.4, -0.2) is 21.9 Å². The average Bonchev–Trinajstić information content (AvgIpc) is 2.64.